The van der Waals surface area contributed by atoms with Gasteiger partial charge in [-0.3, -0.25) is 15.0 Å². The summed E-state index contributed by atoms with van der Waals surface area (Å²) in [5.41, 5.74) is 9.15. The van der Waals surface area contributed by atoms with Gasteiger partial charge in [-0.15, -0.1) is 0 Å². The molecule has 0 unspecified atom stereocenters. The summed E-state index contributed by atoms with van der Waals surface area (Å²) in [5, 5.41) is 7.99. The van der Waals surface area contributed by atoms with E-state index in [1.54, 1.807) is 6.20 Å². The van der Waals surface area contributed by atoms with Crippen LogP contribution in [0.3, 0.4) is 0 Å². The zero-order valence-electron chi connectivity index (χ0n) is 24.4. The van der Waals surface area contributed by atoms with E-state index in [1.807, 2.05) is 56.4 Å². The molecular formula is C33H35N9. The van der Waals surface area contributed by atoms with Crippen LogP contribution >= 0.6 is 0 Å². The monoisotopic (exact) mass is 557 g/mol. The van der Waals surface area contributed by atoms with Gasteiger partial charge < -0.3 is 20.5 Å². The molecule has 0 atom stereocenters. The number of nitrogens with zero attached hydrogens (tertiary/aromatic N) is 6. The van der Waals surface area contributed by atoms with Crippen molar-refractivity contribution in [3.63, 3.8) is 0 Å². The summed E-state index contributed by atoms with van der Waals surface area (Å²) in [6.07, 6.45) is 5.83. The average molecular weight is 558 g/mol. The predicted octanol–water partition coefficient (Wildman–Crippen LogP) is 7.69. The summed E-state index contributed by atoms with van der Waals surface area (Å²) >= 11 is 0. The van der Waals surface area contributed by atoms with Crippen LogP contribution in [0.2, 0.25) is 0 Å². The zero-order chi connectivity index (χ0) is 29.1. The van der Waals surface area contributed by atoms with Gasteiger partial charge in [-0.05, 0) is 87.4 Å². The lowest BCUT2D eigenvalue weighted by molar-refractivity contribution is 0.745. The zero-order valence-corrected chi connectivity index (χ0v) is 24.4. The van der Waals surface area contributed by atoms with Crippen LogP contribution in [0.25, 0.3) is 33.6 Å². The molecule has 3 N–H and O–H groups in total. The SMILES string of the molecule is CCCN(CCC)c1ccc2nc(C)cc(Nc3ccc(-c4nc5nc(Nc6ccnc(C)c6)ccc5[nH]4)nc3)c2c1. The Morgan fingerprint density at radius 3 is 2.38 bits per heavy atom. The number of hydrogen-bond donors (Lipinski definition) is 3. The van der Waals surface area contributed by atoms with E-state index in [2.05, 4.69) is 68.6 Å². The van der Waals surface area contributed by atoms with Crippen LogP contribution in [0.5, 0.6) is 0 Å². The van der Waals surface area contributed by atoms with Gasteiger partial charge in [0.1, 0.15) is 11.5 Å². The highest BCUT2D eigenvalue weighted by Gasteiger charge is 2.12. The molecular weight excluding hydrogens is 522 g/mol. The standard InChI is InChI=1S/C33H35N9/c1-5-15-42(16-6-2)25-8-10-27-26(19-25)30(18-22(4)36-27)37-24-7-9-28(35-20-24)32-39-29-11-12-31(40-33(29)41-32)38-23-13-14-34-21(3)17-23/h7-14,17-20H,5-6,15-16H2,1-4H3,(H,36,37)(H2,34,38,39,40,41). The maximum Gasteiger partial charge on any atom is 0.180 e. The molecule has 0 radical (unpaired) electrons. The Balaban J connectivity index is 1.24. The molecule has 0 spiro atoms. The number of fused-ring (bicyclic) bond motifs is 2. The maximum atomic E-state index is 4.78. The van der Waals surface area contributed by atoms with Gasteiger partial charge in [0.05, 0.1) is 22.9 Å². The van der Waals surface area contributed by atoms with Gasteiger partial charge in [0, 0.05) is 53.1 Å². The van der Waals surface area contributed by atoms with E-state index >= 15 is 0 Å². The van der Waals surface area contributed by atoms with E-state index < -0.39 is 0 Å². The second-order valence-electron chi connectivity index (χ2n) is 10.5. The van der Waals surface area contributed by atoms with Crippen molar-refractivity contribution >= 4 is 50.6 Å². The Kier molecular flexibility index (Phi) is 7.64. The average Bonchev–Trinajstić information content (AvgIpc) is 3.41. The van der Waals surface area contributed by atoms with E-state index in [0.29, 0.717) is 17.3 Å². The minimum Gasteiger partial charge on any atom is -0.372 e. The number of aromatic amines is 1. The summed E-state index contributed by atoms with van der Waals surface area (Å²) in [4.78, 5) is 28.9. The fraction of sp³-hybridized carbons (Fsp3) is 0.242. The molecule has 5 aromatic heterocycles. The van der Waals surface area contributed by atoms with Gasteiger partial charge in [-0.25, -0.2) is 9.97 Å². The Labute approximate surface area is 245 Å². The summed E-state index contributed by atoms with van der Waals surface area (Å²) in [7, 11) is 0. The van der Waals surface area contributed by atoms with Crippen molar-refractivity contribution in [2.24, 2.45) is 0 Å². The van der Waals surface area contributed by atoms with Crippen LogP contribution < -0.4 is 15.5 Å². The Hall–Kier alpha value is -5.05. The van der Waals surface area contributed by atoms with E-state index in [9.17, 15) is 0 Å². The minimum atomic E-state index is 0.625. The normalized spacial score (nSPS) is 11.2. The molecule has 0 bridgehead atoms. The molecule has 5 heterocycles. The number of anilines is 5. The van der Waals surface area contributed by atoms with Gasteiger partial charge in [0.15, 0.2) is 11.5 Å². The Morgan fingerprint density at radius 1 is 0.762 bits per heavy atom. The lowest BCUT2D eigenvalue weighted by atomic mass is 10.1. The molecule has 1 aromatic carbocycles. The fourth-order valence-electron chi connectivity index (χ4n) is 5.17. The lowest BCUT2D eigenvalue weighted by Crippen LogP contribution is -2.24. The van der Waals surface area contributed by atoms with E-state index in [4.69, 9.17) is 15.0 Å². The van der Waals surface area contributed by atoms with Crippen LogP contribution in [-0.2, 0) is 0 Å². The highest BCUT2D eigenvalue weighted by molar-refractivity contribution is 5.95. The van der Waals surface area contributed by atoms with Crippen molar-refractivity contribution in [2.45, 2.75) is 40.5 Å². The van der Waals surface area contributed by atoms with Crippen LogP contribution in [-0.4, -0.2) is 43.0 Å². The van der Waals surface area contributed by atoms with Gasteiger partial charge >= 0.3 is 0 Å². The molecule has 0 aliphatic rings. The van der Waals surface area contributed by atoms with E-state index in [-0.39, 0.29) is 0 Å². The summed E-state index contributed by atoms with van der Waals surface area (Å²) in [6.45, 7) is 10.5. The fourth-order valence-corrected chi connectivity index (χ4v) is 5.17. The molecule has 0 aliphatic heterocycles. The number of H-pyrrole nitrogens is 1. The number of pyridine rings is 4. The first-order valence-corrected chi connectivity index (χ1v) is 14.5. The first kappa shape index (κ1) is 27.1. The molecule has 0 amide bonds. The third-order valence-corrected chi connectivity index (χ3v) is 7.07. The number of benzene rings is 1. The number of aryl methyl sites for hydroxylation is 2. The molecule has 9 nitrogen and oxygen atoms in total. The number of imidazole rings is 1. The number of hydrogen-bond acceptors (Lipinski definition) is 8. The van der Waals surface area contributed by atoms with Crippen molar-refractivity contribution in [3.8, 4) is 11.5 Å². The first-order chi connectivity index (χ1) is 20.5. The Bertz CT molecular complexity index is 1840. The summed E-state index contributed by atoms with van der Waals surface area (Å²) in [6, 6.07) is 20.4. The predicted molar refractivity (Wildman–Crippen MR) is 172 cm³/mol. The van der Waals surface area contributed by atoms with Gasteiger partial charge in [-0.1, -0.05) is 13.8 Å². The molecule has 0 fully saturated rings. The molecule has 6 rings (SSSR count). The Morgan fingerprint density at radius 2 is 1.62 bits per heavy atom. The topological polar surface area (TPSA) is 108 Å². The van der Waals surface area contributed by atoms with Crippen LogP contribution in [0, 0.1) is 13.8 Å². The van der Waals surface area contributed by atoms with Crippen LogP contribution in [0.4, 0.5) is 28.6 Å². The third kappa shape index (κ3) is 5.85. The first-order valence-electron chi connectivity index (χ1n) is 14.5. The second kappa shape index (κ2) is 11.8. The molecule has 0 aliphatic carbocycles. The molecule has 0 saturated carbocycles. The quantitative estimate of drug-likeness (QED) is 0.157. The van der Waals surface area contributed by atoms with Crippen molar-refractivity contribution in [1.82, 2.24) is 29.9 Å². The summed E-state index contributed by atoms with van der Waals surface area (Å²) < 4.78 is 0. The third-order valence-electron chi connectivity index (χ3n) is 7.07. The molecule has 6 aromatic rings. The number of nitrogens with one attached hydrogen (secondary N) is 3. The summed E-state index contributed by atoms with van der Waals surface area (Å²) in [5.74, 6) is 1.39. The smallest absolute Gasteiger partial charge is 0.180 e. The van der Waals surface area contributed by atoms with Gasteiger partial charge in [-0.2, -0.15) is 0 Å². The molecule has 0 saturated heterocycles. The lowest BCUT2D eigenvalue weighted by Gasteiger charge is -2.24. The number of aromatic nitrogens is 6. The van der Waals surface area contributed by atoms with Crippen molar-refractivity contribution in [3.05, 3.63) is 84.4 Å². The highest BCUT2D eigenvalue weighted by Crippen LogP contribution is 2.31. The van der Waals surface area contributed by atoms with Crippen LogP contribution in [0.15, 0.2) is 73.1 Å². The van der Waals surface area contributed by atoms with Gasteiger partial charge in [0.2, 0.25) is 0 Å². The van der Waals surface area contributed by atoms with Crippen molar-refractivity contribution in [1.29, 1.82) is 0 Å². The molecule has 9 heteroatoms. The van der Waals surface area contributed by atoms with Gasteiger partial charge in [0.25, 0.3) is 0 Å². The van der Waals surface area contributed by atoms with E-state index in [0.717, 1.165) is 76.5 Å². The molecule has 42 heavy (non-hydrogen) atoms. The van der Waals surface area contributed by atoms with Crippen LogP contribution in [0.1, 0.15) is 38.1 Å². The molecule has 212 valence electrons. The second-order valence-corrected chi connectivity index (χ2v) is 10.5. The largest absolute Gasteiger partial charge is 0.372 e. The van der Waals surface area contributed by atoms with Crippen molar-refractivity contribution in [2.75, 3.05) is 28.6 Å². The minimum absolute atomic E-state index is 0.625. The maximum absolute atomic E-state index is 4.78. The number of rotatable bonds is 10. The highest BCUT2D eigenvalue weighted by atomic mass is 15.1. The van der Waals surface area contributed by atoms with Crippen molar-refractivity contribution < 1.29 is 0 Å². The van der Waals surface area contributed by atoms with E-state index in [1.165, 1.54) is 5.69 Å².